The molecule has 0 saturated heterocycles. The van der Waals surface area contributed by atoms with Crippen LogP contribution in [0.4, 0.5) is 0 Å². The standard InChI is InChI=1S/C28H38O2Si/c1-5-12-26-17-28(18-27(26)21-31(2,3)4,22-29-19-24-13-8-6-9-14-24)23-30-20-25-15-10-7-11-16-25/h5-16,21,26H,17-20,22-23H2,1-4H3. The van der Waals surface area contributed by atoms with Crippen molar-refractivity contribution in [1.29, 1.82) is 0 Å². The Hall–Kier alpha value is -1.94. The molecule has 0 amide bonds. The highest BCUT2D eigenvalue weighted by Gasteiger charge is 2.42. The molecule has 3 rings (SSSR count). The minimum Gasteiger partial charge on any atom is -0.376 e. The maximum absolute atomic E-state index is 6.29. The van der Waals surface area contributed by atoms with Crippen LogP contribution in [-0.2, 0) is 22.7 Å². The lowest BCUT2D eigenvalue weighted by molar-refractivity contribution is -0.0298. The summed E-state index contributed by atoms with van der Waals surface area (Å²) in [7, 11) is -1.30. The van der Waals surface area contributed by atoms with Gasteiger partial charge in [0.1, 0.15) is 0 Å². The summed E-state index contributed by atoms with van der Waals surface area (Å²) in [5, 5.41) is 0. The van der Waals surface area contributed by atoms with Crippen molar-refractivity contribution < 1.29 is 9.47 Å². The van der Waals surface area contributed by atoms with Gasteiger partial charge in [0, 0.05) is 5.41 Å². The Bertz CT molecular complexity index is 804. The van der Waals surface area contributed by atoms with Crippen LogP contribution in [0.15, 0.2) is 84.1 Å². The summed E-state index contributed by atoms with van der Waals surface area (Å²) in [5.74, 6) is 0.498. The van der Waals surface area contributed by atoms with Gasteiger partial charge in [-0.1, -0.05) is 104 Å². The van der Waals surface area contributed by atoms with Gasteiger partial charge in [-0.25, -0.2) is 0 Å². The van der Waals surface area contributed by atoms with E-state index in [2.05, 4.69) is 105 Å². The van der Waals surface area contributed by atoms with Crippen LogP contribution in [0.1, 0.15) is 30.9 Å². The molecule has 1 fully saturated rings. The van der Waals surface area contributed by atoms with E-state index in [4.69, 9.17) is 9.47 Å². The highest BCUT2D eigenvalue weighted by atomic mass is 28.3. The molecule has 1 aliphatic rings. The average Bonchev–Trinajstić information content (AvgIpc) is 3.05. The Labute approximate surface area is 190 Å². The molecule has 31 heavy (non-hydrogen) atoms. The third-order valence-electron chi connectivity index (χ3n) is 5.79. The number of rotatable bonds is 10. The highest BCUT2D eigenvalue weighted by Crippen LogP contribution is 2.47. The maximum atomic E-state index is 6.29. The van der Waals surface area contributed by atoms with Gasteiger partial charge in [-0.2, -0.15) is 0 Å². The Kier molecular flexibility index (Phi) is 8.48. The Morgan fingerprint density at radius 3 is 1.84 bits per heavy atom. The van der Waals surface area contributed by atoms with Gasteiger partial charge in [0.05, 0.1) is 34.5 Å². The Morgan fingerprint density at radius 1 is 0.871 bits per heavy atom. The van der Waals surface area contributed by atoms with Crippen LogP contribution < -0.4 is 0 Å². The number of allylic oxidation sites excluding steroid dienone is 3. The van der Waals surface area contributed by atoms with Crippen molar-refractivity contribution in [3.05, 3.63) is 95.2 Å². The second-order valence-electron chi connectivity index (χ2n) is 10.1. The van der Waals surface area contributed by atoms with E-state index >= 15 is 0 Å². The lowest BCUT2D eigenvalue weighted by atomic mass is 9.87. The van der Waals surface area contributed by atoms with Crippen LogP contribution in [0.5, 0.6) is 0 Å². The lowest BCUT2D eigenvalue weighted by Gasteiger charge is -2.29. The molecule has 2 nitrogen and oxygen atoms in total. The van der Waals surface area contributed by atoms with E-state index in [1.165, 1.54) is 11.1 Å². The van der Waals surface area contributed by atoms with Crippen molar-refractivity contribution in [2.75, 3.05) is 13.2 Å². The third kappa shape index (κ3) is 7.60. The van der Waals surface area contributed by atoms with Gasteiger partial charge >= 0.3 is 0 Å². The molecular formula is C28H38O2Si. The minimum absolute atomic E-state index is 0.0270. The highest BCUT2D eigenvalue weighted by molar-refractivity contribution is 6.81. The quantitative estimate of drug-likeness (QED) is 0.291. The van der Waals surface area contributed by atoms with E-state index in [0.717, 1.165) is 26.1 Å². The smallest absolute Gasteiger partial charge is 0.0717 e. The number of benzene rings is 2. The molecule has 0 bridgehead atoms. The topological polar surface area (TPSA) is 18.5 Å². The monoisotopic (exact) mass is 434 g/mol. The molecular weight excluding hydrogens is 396 g/mol. The fourth-order valence-electron chi connectivity index (χ4n) is 4.55. The molecule has 166 valence electrons. The summed E-state index contributed by atoms with van der Waals surface area (Å²) in [6.45, 7) is 12.2. The van der Waals surface area contributed by atoms with E-state index in [0.29, 0.717) is 19.1 Å². The first-order valence-electron chi connectivity index (χ1n) is 11.5. The van der Waals surface area contributed by atoms with Crippen molar-refractivity contribution in [2.45, 2.75) is 52.6 Å². The first kappa shape index (κ1) is 23.7. The van der Waals surface area contributed by atoms with Crippen molar-refractivity contribution in [2.24, 2.45) is 11.3 Å². The van der Waals surface area contributed by atoms with Crippen LogP contribution in [-0.4, -0.2) is 21.3 Å². The SMILES string of the molecule is CC=CC1CC(COCc2ccccc2)(COCc2ccccc2)CC1=C[Si](C)(C)C. The lowest BCUT2D eigenvalue weighted by Crippen LogP contribution is -2.30. The summed E-state index contributed by atoms with van der Waals surface area (Å²) >= 11 is 0. The molecule has 0 heterocycles. The Balaban J connectivity index is 1.73. The van der Waals surface area contributed by atoms with Gasteiger partial charge in [-0.3, -0.25) is 0 Å². The molecule has 1 saturated carbocycles. The van der Waals surface area contributed by atoms with E-state index in [-0.39, 0.29) is 5.41 Å². The summed E-state index contributed by atoms with van der Waals surface area (Å²) in [4.78, 5) is 0. The molecule has 1 atom stereocenters. The Morgan fingerprint density at radius 2 is 1.39 bits per heavy atom. The largest absolute Gasteiger partial charge is 0.376 e. The minimum atomic E-state index is -1.30. The van der Waals surface area contributed by atoms with E-state index in [9.17, 15) is 0 Å². The van der Waals surface area contributed by atoms with Crippen LogP contribution in [0.3, 0.4) is 0 Å². The van der Waals surface area contributed by atoms with E-state index < -0.39 is 8.07 Å². The van der Waals surface area contributed by atoms with Gasteiger partial charge in [0.25, 0.3) is 0 Å². The second-order valence-corrected chi connectivity index (χ2v) is 15.1. The van der Waals surface area contributed by atoms with Crippen LogP contribution in [0, 0.1) is 11.3 Å². The predicted molar refractivity (Wildman–Crippen MR) is 134 cm³/mol. The first-order chi connectivity index (χ1) is 14.9. The molecule has 1 unspecified atom stereocenters. The summed E-state index contributed by atoms with van der Waals surface area (Å²) in [5.41, 5.74) is 6.67. The molecule has 0 aromatic heterocycles. The molecule has 2 aromatic rings. The van der Waals surface area contributed by atoms with Crippen molar-refractivity contribution in [3.8, 4) is 0 Å². The zero-order valence-corrected chi connectivity index (χ0v) is 20.6. The van der Waals surface area contributed by atoms with Gasteiger partial charge in [0.15, 0.2) is 0 Å². The summed E-state index contributed by atoms with van der Waals surface area (Å²) < 4.78 is 12.6. The van der Waals surface area contributed by atoms with Crippen molar-refractivity contribution in [3.63, 3.8) is 0 Å². The normalized spacial score (nSPS) is 20.0. The predicted octanol–water partition coefficient (Wildman–Crippen LogP) is 7.20. The molecule has 2 aromatic carbocycles. The van der Waals surface area contributed by atoms with Gasteiger partial charge in [-0.15, -0.1) is 0 Å². The van der Waals surface area contributed by atoms with Crippen molar-refractivity contribution >= 4 is 8.07 Å². The second kappa shape index (κ2) is 11.1. The van der Waals surface area contributed by atoms with Gasteiger partial charge < -0.3 is 9.47 Å². The van der Waals surface area contributed by atoms with Crippen LogP contribution >= 0.6 is 0 Å². The van der Waals surface area contributed by atoms with Crippen molar-refractivity contribution in [1.82, 2.24) is 0 Å². The van der Waals surface area contributed by atoms with Crippen LogP contribution in [0.2, 0.25) is 19.6 Å². The van der Waals surface area contributed by atoms with Gasteiger partial charge in [-0.05, 0) is 36.8 Å². The fourth-order valence-corrected chi connectivity index (χ4v) is 5.98. The third-order valence-corrected chi connectivity index (χ3v) is 7.03. The molecule has 0 spiro atoms. The maximum Gasteiger partial charge on any atom is 0.0717 e. The number of hydrogen-bond donors (Lipinski definition) is 0. The number of hydrogen-bond acceptors (Lipinski definition) is 2. The average molecular weight is 435 g/mol. The first-order valence-corrected chi connectivity index (χ1v) is 15.0. The fraction of sp³-hybridized carbons (Fsp3) is 0.429. The summed E-state index contributed by atoms with van der Waals surface area (Å²) in [6, 6.07) is 20.9. The molecule has 0 N–H and O–H groups in total. The number of ether oxygens (including phenoxy) is 2. The molecule has 0 aliphatic heterocycles. The zero-order chi connectivity index (χ0) is 22.2. The van der Waals surface area contributed by atoms with E-state index in [1.807, 2.05) is 0 Å². The van der Waals surface area contributed by atoms with Gasteiger partial charge in [0.2, 0.25) is 0 Å². The molecule has 0 radical (unpaired) electrons. The summed E-state index contributed by atoms with van der Waals surface area (Å²) in [6.07, 6.45) is 6.74. The van der Waals surface area contributed by atoms with E-state index in [1.54, 1.807) is 5.57 Å². The molecule has 3 heteroatoms. The zero-order valence-electron chi connectivity index (χ0n) is 19.6. The molecule has 1 aliphatic carbocycles. The van der Waals surface area contributed by atoms with Crippen LogP contribution in [0.25, 0.3) is 0 Å².